The number of nitrogens with zero attached hydrogens (tertiary/aromatic N) is 1. The quantitative estimate of drug-likeness (QED) is 0.835. The summed E-state index contributed by atoms with van der Waals surface area (Å²) < 4.78 is 24.8. The Labute approximate surface area is 126 Å². The van der Waals surface area contributed by atoms with Crippen molar-refractivity contribution < 1.29 is 13.9 Å². The molecule has 0 atom stereocenters. The van der Waals surface area contributed by atoms with Crippen LogP contribution in [0.15, 0.2) is 18.2 Å². The first-order valence-corrected chi connectivity index (χ1v) is 7.60. The van der Waals surface area contributed by atoms with Gasteiger partial charge in [0, 0.05) is 32.2 Å². The van der Waals surface area contributed by atoms with E-state index >= 15 is 0 Å². The third-order valence-corrected chi connectivity index (χ3v) is 3.48. The monoisotopic (exact) mass is 296 g/mol. The van der Waals surface area contributed by atoms with Crippen molar-refractivity contribution in [1.29, 1.82) is 0 Å². The van der Waals surface area contributed by atoms with E-state index in [0.29, 0.717) is 24.9 Å². The first-order valence-electron chi connectivity index (χ1n) is 7.60. The highest BCUT2D eigenvalue weighted by molar-refractivity contribution is 5.29. The minimum atomic E-state index is -0.292. The van der Waals surface area contributed by atoms with Gasteiger partial charge < -0.3 is 14.8 Å². The van der Waals surface area contributed by atoms with E-state index in [4.69, 9.17) is 9.47 Å². The Balaban J connectivity index is 1.77. The fourth-order valence-corrected chi connectivity index (χ4v) is 2.20. The lowest BCUT2D eigenvalue weighted by Gasteiger charge is -2.26. The number of morpholine rings is 1. The summed E-state index contributed by atoms with van der Waals surface area (Å²) in [7, 11) is 0. The molecular weight excluding hydrogens is 271 g/mol. The van der Waals surface area contributed by atoms with Gasteiger partial charge in [0.15, 0.2) is 11.6 Å². The van der Waals surface area contributed by atoms with Crippen LogP contribution < -0.4 is 10.1 Å². The smallest absolute Gasteiger partial charge is 0.165 e. The predicted octanol–water partition coefficient (Wildman–Crippen LogP) is 2.03. The number of rotatable bonds is 7. The van der Waals surface area contributed by atoms with Gasteiger partial charge in [-0.1, -0.05) is 19.9 Å². The molecule has 2 rings (SSSR count). The zero-order chi connectivity index (χ0) is 15.1. The van der Waals surface area contributed by atoms with Gasteiger partial charge >= 0.3 is 0 Å². The molecule has 0 spiro atoms. The van der Waals surface area contributed by atoms with Crippen LogP contribution in [0.1, 0.15) is 19.4 Å². The van der Waals surface area contributed by atoms with Gasteiger partial charge in [-0.05, 0) is 17.7 Å². The van der Waals surface area contributed by atoms with E-state index in [9.17, 15) is 4.39 Å². The number of hydrogen-bond acceptors (Lipinski definition) is 4. The van der Waals surface area contributed by atoms with Gasteiger partial charge in [-0.2, -0.15) is 0 Å². The molecule has 0 amide bonds. The summed E-state index contributed by atoms with van der Waals surface area (Å²) in [5, 5.41) is 3.27. The molecule has 1 aliphatic rings. The molecule has 0 aliphatic carbocycles. The second-order valence-electron chi connectivity index (χ2n) is 5.60. The Hall–Kier alpha value is -1.17. The van der Waals surface area contributed by atoms with E-state index < -0.39 is 0 Å². The SMILES string of the molecule is CC(C)NCc1ccc(OCCN2CCOCC2)c(F)c1. The van der Waals surface area contributed by atoms with E-state index in [2.05, 4.69) is 24.1 Å². The summed E-state index contributed by atoms with van der Waals surface area (Å²) in [5.74, 6) is 0.0385. The van der Waals surface area contributed by atoms with Crippen LogP contribution in [0.2, 0.25) is 0 Å². The van der Waals surface area contributed by atoms with E-state index in [1.165, 1.54) is 0 Å². The van der Waals surface area contributed by atoms with Crippen LogP contribution >= 0.6 is 0 Å². The molecule has 0 aromatic heterocycles. The number of hydrogen-bond donors (Lipinski definition) is 1. The molecule has 1 aromatic carbocycles. The highest BCUT2D eigenvalue weighted by Crippen LogP contribution is 2.18. The second kappa shape index (κ2) is 8.32. The summed E-state index contributed by atoms with van der Waals surface area (Å²) in [6, 6.07) is 5.55. The van der Waals surface area contributed by atoms with Crippen LogP contribution in [-0.2, 0) is 11.3 Å². The van der Waals surface area contributed by atoms with Crippen molar-refractivity contribution in [2.24, 2.45) is 0 Å². The summed E-state index contributed by atoms with van der Waals surface area (Å²) >= 11 is 0. The lowest BCUT2D eigenvalue weighted by Crippen LogP contribution is -2.38. The number of benzene rings is 1. The minimum Gasteiger partial charge on any atom is -0.489 e. The van der Waals surface area contributed by atoms with Gasteiger partial charge in [0.25, 0.3) is 0 Å². The van der Waals surface area contributed by atoms with Crippen molar-refractivity contribution in [3.63, 3.8) is 0 Å². The zero-order valence-corrected chi connectivity index (χ0v) is 12.9. The van der Waals surface area contributed by atoms with Crippen molar-refractivity contribution in [3.05, 3.63) is 29.6 Å². The molecule has 1 saturated heterocycles. The maximum Gasteiger partial charge on any atom is 0.165 e. The van der Waals surface area contributed by atoms with Gasteiger partial charge in [0.05, 0.1) is 13.2 Å². The molecule has 21 heavy (non-hydrogen) atoms. The zero-order valence-electron chi connectivity index (χ0n) is 12.9. The van der Waals surface area contributed by atoms with E-state index in [0.717, 1.165) is 38.4 Å². The molecule has 1 aromatic rings. The summed E-state index contributed by atoms with van der Waals surface area (Å²) in [6.07, 6.45) is 0. The molecule has 1 aliphatic heterocycles. The molecule has 4 nitrogen and oxygen atoms in total. The highest BCUT2D eigenvalue weighted by atomic mass is 19.1. The molecule has 1 heterocycles. The maximum absolute atomic E-state index is 14.0. The molecule has 1 N–H and O–H groups in total. The number of ether oxygens (including phenoxy) is 2. The van der Waals surface area contributed by atoms with E-state index in [1.807, 2.05) is 6.07 Å². The van der Waals surface area contributed by atoms with E-state index in [-0.39, 0.29) is 5.82 Å². The third kappa shape index (κ3) is 5.61. The first-order chi connectivity index (χ1) is 10.1. The average molecular weight is 296 g/mol. The van der Waals surface area contributed by atoms with Gasteiger partial charge in [0.1, 0.15) is 6.61 Å². The van der Waals surface area contributed by atoms with Crippen LogP contribution in [0, 0.1) is 5.82 Å². The second-order valence-corrected chi connectivity index (χ2v) is 5.60. The largest absolute Gasteiger partial charge is 0.489 e. The van der Waals surface area contributed by atoms with Crippen LogP contribution in [-0.4, -0.2) is 50.4 Å². The van der Waals surface area contributed by atoms with Crippen molar-refractivity contribution >= 4 is 0 Å². The maximum atomic E-state index is 14.0. The minimum absolute atomic E-state index is 0.292. The molecule has 5 heteroatoms. The molecule has 118 valence electrons. The van der Waals surface area contributed by atoms with Gasteiger partial charge in [0.2, 0.25) is 0 Å². The fraction of sp³-hybridized carbons (Fsp3) is 0.625. The van der Waals surface area contributed by atoms with Crippen molar-refractivity contribution in [1.82, 2.24) is 10.2 Å². The van der Waals surface area contributed by atoms with Crippen molar-refractivity contribution in [3.8, 4) is 5.75 Å². The van der Waals surface area contributed by atoms with Crippen LogP contribution in [0.3, 0.4) is 0 Å². The summed E-state index contributed by atoms with van der Waals surface area (Å²) in [5.41, 5.74) is 0.932. The van der Waals surface area contributed by atoms with Gasteiger partial charge in [-0.3, -0.25) is 4.90 Å². The molecule has 0 radical (unpaired) electrons. The predicted molar refractivity (Wildman–Crippen MR) is 81.1 cm³/mol. The Bertz CT molecular complexity index is 434. The first kappa shape index (κ1) is 16.2. The molecule has 1 fully saturated rings. The van der Waals surface area contributed by atoms with Crippen molar-refractivity contribution in [2.75, 3.05) is 39.5 Å². The molecule has 0 saturated carbocycles. The normalized spacial score (nSPS) is 16.4. The van der Waals surface area contributed by atoms with Gasteiger partial charge in [-0.15, -0.1) is 0 Å². The molecular formula is C16H25FN2O2. The number of nitrogens with one attached hydrogen (secondary N) is 1. The lowest BCUT2D eigenvalue weighted by molar-refractivity contribution is 0.0320. The highest BCUT2D eigenvalue weighted by Gasteiger charge is 2.11. The van der Waals surface area contributed by atoms with Crippen LogP contribution in [0.25, 0.3) is 0 Å². The Morgan fingerprint density at radius 2 is 2.10 bits per heavy atom. The average Bonchev–Trinajstić information content (AvgIpc) is 2.48. The Kier molecular flexibility index (Phi) is 6.42. The van der Waals surface area contributed by atoms with E-state index in [1.54, 1.807) is 12.1 Å². The Morgan fingerprint density at radius 1 is 1.33 bits per heavy atom. The number of halogens is 1. The van der Waals surface area contributed by atoms with Crippen molar-refractivity contribution in [2.45, 2.75) is 26.4 Å². The Morgan fingerprint density at radius 3 is 2.76 bits per heavy atom. The van der Waals surface area contributed by atoms with Crippen LogP contribution in [0.4, 0.5) is 4.39 Å². The third-order valence-electron chi connectivity index (χ3n) is 3.48. The molecule has 0 unspecified atom stereocenters. The lowest BCUT2D eigenvalue weighted by atomic mass is 10.2. The molecule has 0 bridgehead atoms. The summed E-state index contributed by atoms with van der Waals surface area (Å²) in [6.45, 7) is 9.50. The summed E-state index contributed by atoms with van der Waals surface area (Å²) in [4.78, 5) is 2.27. The fourth-order valence-electron chi connectivity index (χ4n) is 2.20. The topological polar surface area (TPSA) is 33.7 Å². The van der Waals surface area contributed by atoms with Crippen LogP contribution in [0.5, 0.6) is 5.75 Å². The van der Waals surface area contributed by atoms with Gasteiger partial charge in [-0.25, -0.2) is 4.39 Å². The standard InChI is InChI=1S/C16H25FN2O2/c1-13(2)18-12-14-3-4-16(15(17)11-14)21-10-7-19-5-8-20-9-6-19/h3-4,11,13,18H,5-10,12H2,1-2H3.